The van der Waals surface area contributed by atoms with Crippen LogP contribution in [0.3, 0.4) is 0 Å². The van der Waals surface area contributed by atoms with Gasteiger partial charge in [0.2, 0.25) is 0 Å². The minimum absolute atomic E-state index is 0.256. The third kappa shape index (κ3) is 3.34. The Bertz CT molecular complexity index is 552. The van der Waals surface area contributed by atoms with Gasteiger partial charge in [0.15, 0.2) is 5.76 Å². The molecule has 2 aromatic rings. The van der Waals surface area contributed by atoms with Crippen molar-refractivity contribution in [1.82, 2.24) is 5.32 Å². The highest BCUT2D eigenvalue weighted by Crippen LogP contribution is 2.19. The zero-order chi connectivity index (χ0) is 13.7. The first-order valence-electron chi connectivity index (χ1n) is 5.85. The molecule has 1 heterocycles. The van der Waals surface area contributed by atoms with Gasteiger partial charge in [0.25, 0.3) is 5.91 Å². The number of amides is 1. The summed E-state index contributed by atoms with van der Waals surface area (Å²) in [6, 6.07) is 7.53. The quantitative estimate of drug-likeness (QED) is 0.901. The molecule has 4 nitrogen and oxygen atoms in total. The van der Waals surface area contributed by atoms with Gasteiger partial charge in [-0.15, -0.1) is 0 Å². The Labute approximate surface area is 110 Å². The van der Waals surface area contributed by atoms with E-state index in [4.69, 9.17) is 9.15 Å². The predicted octanol–water partition coefficient (Wildman–Crippen LogP) is 2.40. The monoisotopic (exact) mass is 263 g/mol. The average molecular weight is 263 g/mol. The maximum Gasteiger partial charge on any atom is 0.286 e. The van der Waals surface area contributed by atoms with Crippen molar-refractivity contribution in [2.75, 3.05) is 13.7 Å². The van der Waals surface area contributed by atoms with Crippen LogP contribution >= 0.6 is 0 Å². The molecule has 2 rings (SSSR count). The second-order valence-electron chi connectivity index (χ2n) is 3.94. The summed E-state index contributed by atoms with van der Waals surface area (Å²) < 4.78 is 23.2. The fourth-order valence-electron chi connectivity index (χ4n) is 1.75. The molecule has 1 aromatic carbocycles. The Kier molecular flexibility index (Phi) is 4.18. The van der Waals surface area contributed by atoms with Crippen LogP contribution in [0.1, 0.15) is 16.1 Å². The van der Waals surface area contributed by atoms with Crippen LogP contribution in [-0.4, -0.2) is 19.6 Å². The number of hydrogen-bond acceptors (Lipinski definition) is 3. The van der Waals surface area contributed by atoms with Gasteiger partial charge in [-0.05, 0) is 42.3 Å². The molecular formula is C14H14FNO3. The van der Waals surface area contributed by atoms with Crippen LogP contribution < -0.4 is 10.1 Å². The topological polar surface area (TPSA) is 51.5 Å². The minimum Gasteiger partial charge on any atom is -0.496 e. The molecule has 0 bridgehead atoms. The summed E-state index contributed by atoms with van der Waals surface area (Å²) in [5, 5.41) is 2.69. The maximum atomic E-state index is 13.1. The molecule has 0 fully saturated rings. The lowest BCUT2D eigenvalue weighted by Gasteiger charge is -2.09. The number of halogens is 1. The standard InChI is InChI=1S/C14H14FNO3/c1-18-12-5-4-11(15)9-10(12)6-7-16-14(17)13-3-2-8-19-13/h2-5,8-9H,6-7H2,1H3,(H,16,17). The molecule has 1 aromatic heterocycles. The highest BCUT2D eigenvalue weighted by Gasteiger charge is 2.09. The Morgan fingerprint density at radius 2 is 2.26 bits per heavy atom. The SMILES string of the molecule is COc1ccc(F)cc1CCNC(=O)c1ccco1. The zero-order valence-electron chi connectivity index (χ0n) is 10.5. The first kappa shape index (κ1) is 13.1. The molecule has 5 heteroatoms. The normalized spacial score (nSPS) is 10.2. The Morgan fingerprint density at radius 3 is 2.95 bits per heavy atom. The van der Waals surface area contributed by atoms with E-state index in [0.717, 1.165) is 0 Å². The Hall–Kier alpha value is -2.30. The van der Waals surface area contributed by atoms with Gasteiger partial charge < -0.3 is 14.5 Å². The molecule has 19 heavy (non-hydrogen) atoms. The molecule has 0 aliphatic heterocycles. The molecule has 0 saturated heterocycles. The molecular weight excluding hydrogens is 249 g/mol. The third-order valence-corrected chi connectivity index (χ3v) is 2.67. The second kappa shape index (κ2) is 6.04. The van der Waals surface area contributed by atoms with Crippen LogP contribution in [0.2, 0.25) is 0 Å². The van der Waals surface area contributed by atoms with Crippen molar-refractivity contribution < 1.29 is 18.3 Å². The predicted molar refractivity (Wildman–Crippen MR) is 67.7 cm³/mol. The molecule has 0 saturated carbocycles. The first-order valence-corrected chi connectivity index (χ1v) is 5.85. The summed E-state index contributed by atoms with van der Waals surface area (Å²) >= 11 is 0. The van der Waals surface area contributed by atoms with E-state index in [9.17, 15) is 9.18 Å². The fraction of sp³-hybridized carbons (Fsp3) is 0.214. The second-order valence-corrected chi connectivity index (χ2v) is 3.94. The summed E-state index contributed by atoms with van der Waals surface area (Å²) in [7, 11) is 1.53. The van der Waals surface area contributed by atoms with Crippen LogP contribution in [0.5, 0.6) is 5.75 Å². The largest absolute Gasteiger partial charge is 0.496 e. The smallest absolute Gasteiger partial charge is 0.286 e. The van der Waals surface area contributed by atoms with E-state index in [2.05, 4.69) is 5.32 Å². The summed E-state index contributed by atoms with van der Waals surface area (Å²) in [4.78, 5) is 11.6. The molecule has 0 radical (unpaired) electrons. The lowest BCUT2D eigenvalue weighted by molar-refractivity contribution is 0.0926. The van der Waals surface area contributed by atoms with E-state index in [1.54, 1.807) is 18.2 Å². The minimum atomic E-state index is -0.326. The molecule has 1 N–H and O–H groups in total. The lowest BCUT2D eigenvalue weighted by atomic mass is 10.1. The molecule has 100 valence electrons. The van der Waals surface area contributed by atoms with Crippen LogP contribution in [0.15, 0.2) is 41.0 Å². The lowest BCUT2D eigenvalue weighted by Crippen LogP contribution is -2.25. The molecule has 0 spiro atoms. The number of nitrogens with one attached hydrogen (secondary N) is 1. The Balaban J connectivity index is 1.92. The van der Waals surface area contributed by atoms with Crippen molar-refractivity contribution in [1.29, 1.82) is 0 Å². The molecule has 0 aliphatic carbocycles. The summed E-state index contributed by atoms with van der Waals surface area (Å²) in [6.07, 6.45) is 1.91. The van der Waals surface area contributed by atoms with Gasteiger partial charge in [-0.25, -0.2) is 4.39 Å². The number of ether oxygens (including phenoxy) is 1. The summed E-state index contributed by atoms with van der Waals surface area (Å²) in [5.41, 5.74) is 0.710. The van der Waals surface area contributed by atoms with Gasteiger partial charge >= 0.3 is 0 Å². The Morgan fingerprint density at radius 1 is 1.42 bits per heavy atom. The van der Waals surface area contributed by atoms with Gasteiger partial charge in [-0.2, -0.15) is 0 Å². The van der Waals surface area contributed by atoms with E-state index in [-0.39, 0.29) is 17.5 Å². The van der Waals surface area contributed by atoms with E-state index < -0.39 is 0 Å². The van der Waals surface area contributed by atoms with Gasteiger partial charge in [-0.3, -0.25) is 4.79 Å². The van der Waals surface area contributed by atoms with Crippen LogP contribution in [-0.2, 0) is 6.42 Å². The van der Waals surface area contributed by atoms with Gasteiger partial charge in [0.1, 0.15) is 11.6 Å². The van der Waals surface area contributed by atoms with Crippen molar-refractivity contribution >= 4 is 5.91 Å². The molecule has 0 aliphatic rings. The maximum absolute atomic E-state index is 13.1. The molecule has 0 atom stereocenters. The third-order valence-electron chi connectivity index (χ3n) is 2.67. The van der Waals surface area contributed by atoms with Crippen molar-refractivity contribution in [2.24, 2.45) is 0 Å². The van der Waals surface area contributed by atoms with Crippen molar-refractivity contribution in [3.05, 3.63) is 53.7 Å². The van der Waals surface area contributed by atoms with Gasteiger partial charge in [-0.1, -0.05) is 0 Å². The zero-order valence-corrected chi connectivity index (χ0v) is 10.5. The summed E-state index contributed by atoms with van der Waals surface area (Å²) in [6.45, 7) is 0.374. The van der Waals surface area contributed by atoms with E-state index in [1.807, 2.05) is 0 Å². The van der Waals surface area contributed by atoms with Crippen molar-refractivity contribution in [3.8, 4) is 5.75 Å². The van der Waals surface area contributed by atoms with Crippen molar-refractivity contribution in [2.45, 2.75) is 6.42 Å². The molecule has 0 unspecified atom stereocenters. The van der Waals surface area contributed by atoms with E-state index >= 15 is 0 Å². The summed E-state index contributed by atoms with van der Waals surface area (Å²) in [5.74, 6) is 0.244. The van der Waals surface area contributed by atoms with Gasteiger partial charge in [0.05, 0.1) is 13.4 Å². The van der Waals surface area contributed by atoms with Gasteiger partial charge in [0, 0.05) is 6.54 Å². The van der Waals surface area contributed by atoms with E-state index in [0.29, 0.717) is 24.3 Å². The van der Waals surface area contributed by atoms with Crippen LogP contribution in [0, 0.1) is 5.82 Å². The highest BCUT2D eigenvalue weighted by atomic mass is 19.1. The number of furan rings is 1. The number of carbonyl (C=O) groups excluding carboxylic acids is 1. The number of methoxy groups -OCH3 is 1. The first-order chi connectivity index (χ1) is 9.20. The van der Waals surface area contributed by atoms with E-state index in [1.165, 1.54) is 25.5 Å². The van der Waals surface area contributed by atoms with Crippen LogP contribution in [0.25, 0.3) is 0 Å². The van der Waals surface area contributed by atoms with Crippen LogP contribution in [0.4, 0.5) is 4.39 Å². The fourth-order valence-corrected chi connectivity index (χ4v) is 1.75. The van der Waals surface area contributed by atoms with Crippen molar-refractivity contribution in [3.63, 3.8) is 0 Å². The number of carbonyl (C=O) groups is 1. The number of benzene rings is 1. The number of hydrogen-bond donors (Lipinski definition) is 1. The number of rotatable bonds is 5. The molecule has 1 amide bonds. The average Bonchev–Trinajstić information content (AvgIpc) is 2.93. The highest BCUT2D eigenvalue weighted by molar-refractivity contribution is 5.91.